The largest absolute Gasteiger partial charge is 0.484 e. The van der Waals surface area contributed by atoms with Crippen LogP contribution in [0.25, 0.3) is 0 Å². The number of hydrogen-bond acceptors (Lipinski definition) is 7. The fourth-order valence-electron chi connectivity index (χ4n) is 2.76. The number of nitrogens with zero attached hydrogens (tertiary/aromatic N) is 2. The van der Waals surface area contributed by atoms with Gasteiger partial charge in [0.25, 0.3) is 5.91 Å². The van der Waals surface area contributed by atoms with Crippen LogP contribution in [-0.2, 0) is 16.1 Å². The monoisotopic (exact) mass is 473 g/mol. The van der Waals surface area contributed by atoms with Crippen LogP contribution >= 0.6 is 22.9 Å². The number of esters is 1. The van der Waals surface area contributed by atoms with E-state index in [1.165, 1.54) is 17.9 Å². The van der Waals surface area contributed by atoms with Gasteiger partial charge in [-0.3, -0.25) is 14.2 Å². The van der Waals surface area contributed by atoms with Gasteiger partial charge < -0.3 is 9.47 Å². The van der Waals surface area contributed by atoms with Crippen LogP contribution in [0.1, 0.15) is 26.4 Å². The number of methoxy groups -OCH3 is 1. The predicted octanol–water partition coefficient (Wildman–Crippen LogP) is 3.24. The van der Waals surface area contributed by atoms with E-state index in [0.29, 0.717) is 21.8 Å². The van der Waals surface area contributed by atoms with Crippen LogP contribution in [0.15, 0.2) is 58.4 Å². The molecule has 0 fully saturated rings. The van der Waals surface area contributed by atoms with Crippen LogP contribution in [0, 0.1) is 6.92 Å². The summed E-state index contributed by atoms with van der Waals surface area (Å²) < 4.78 is 11.5. The Labute approximate surface area is 193 Å². The molecule has 0 aliphatic heterocycles. The molecule has 1 aromatic heterocycles. The minimum absolute atomic E-state index is 0.170. The third kappa shape index (κ3) is 6.05. The minimum atomic E-state index is -0.467. The highest BCUT2D eigenvalue weighted by atomic mass is 35.5. The molecule has 1 amide bonds. The lowest BCUT2D eigenvalue weighted by molar-refractivity contribution is -0.123. The average Bonchev–Trinajstić information content (AvgIpc) is 3.05. The Morgan fingerprint density at radius 1 is 1.22 bits per heavy atom. The summed E-state index contributed by atoms with van der Waals surface area (Å²) in [6.45, 7) is 1.89. The number of benzene rings is 2. The number of aromatic nitrogens is 1. The van der Waals surface area contributed by atoms with Crippen molar-refractivity contribution >= 4 is 41.0 Å². The van der Waals surface area contributed by atoms with Crippen molar-refractivity contribution in [2.24, 2.45) is 5.10 Å². The number of rotatable bonds is 8. The van der Waals surface area contributed by atoms with Crippen molar-refractivity contribution < 1.29 is 19.1 Å². The number of carbonyl (C=O) groups is 2. The van der Waals surface area contributed by atoms with E-state index in [2.05, 4.69) is 10.5 Å². The molecule has 3 aromatic rings. The van der Waals surface area contributed by atoms with Crippen LogP contribution in [-0.4, -0.2) is 36.4 Å². The van der Waals surface area contributed by atoms with E-state index in [1.807, 2.05) is 25.1 Å². The summed E-state index contributed by atoms with van der Waals surface area (Å²) in [4.78, 5) is 36.1. The topological polar surface area (TPSA) is 99.0 Å². The van der Waals surface area contributed by atoms with Gasteiger partial charge in [0, 0.05) is 0 Å². The fraction of sp³-hybridized carbons (Fsp3) is 0.182. The van der Waals surface area contributed by atoms with Crippen molar-refractivity contribution in [1.82, 2.24) is 9.99 Å². The summed E-state index contributed by atoms with van der Waals surface area (Å²) in [5.74, 6) is -0.338. The maximum Gasteiger partial charge on any atom is 0.337 e. The first-order chi connectivity index (χ1) is 15.4. The molecule has 1 heterocycles. The Balaban J connectivity index is 1.62. The highest BCUT2D eigenvalue weighted by molar-refractivity contribution is 7.11. The number of thiazole rings is 1. The molecule has 1 N–H and O–H groups in total. The molecule has 0 aliphatic rings. The molecule has 0 unspecified atom stereocenters. The van der Waals surface area contributed by atoms with Crippen molar-refractivity contribution in [3.63, 3.8) is 0 Å². The quantitative estimate of drug-likeness (QED) is 0.307. The summed E-state index contributed by atoms with van der Waals surface area (Å²) in [6.07, 6.45) is 1.31. The highest BCUT2D eigenvalue weighted by Gasteiger charge is 2.13. The van der Waals surface area contributed by atoms with Crippen molar-refractivity contribution in [3.8, 4) is 5.75 Å². The standard InChI is InChI=1S/C22H20ClN3O5S/c1-14-5-3-8-17(9-14)31-13-19(27)25-24-11-18-20(23)26(22(29)32-18)12-15-6-4-7-16(10-15)21(28)30-2/h3-11H,12-13H2,1-2H3,(H,25,27)/b24-11-. The number of hydrazone groups is 1. The molecule has 166 valence electrons. The Morgan fingerprint density at radius 2 is 2.00 bits per heavy atom. The van der Waals surface area contributed by atoms with Crippen molar-refractivity contribution in [3.05, 3.63) is 84.9 Å². The second-order valence-electron chi connectivity index (χ2n) is 6.70. The summed E-state index contributed by atoms with van der Waals surface area (Å²) in [7, 11) is 1.30. The molecule has 0 saturated heterocycles. The summed E-state index contributed by atoms with van der Waals surface area (Å²) in [6, 6.07) is 14.1. The number of aryl methyl sites for hydroxylation is 1. The van der Waals surface area contributed by atoms with Gasteiger partial charge in [0.1, 0.15) is 10.9 Å². The molecule has 0 radical (unpaired) electrons. The number of nitrogens with one attached hydrogen (secondary N) is 1. The van der Waals surface area contributed by atoms with E-state index < -0.39 is 11.9 Å². The molecule has 0 spiro atoms. The zero-order chi connectivity index (χ0) is 23.1. The van der Waals surface area contributed by atoms with E-state index >= 15 is 0 Å². The van der Waals surface area contributed by atoms with Crippen LogP contribution in [0.5, 0.6) is 5.75 Å². The van der Waals surface area contributed by atoms with Gasteiger partial charge in [0.2, 0.25) is 0 Å². The van der Waals surface area contributed by atoms with Crippen molar-refractivity contribution in [2.45, 2.75) is 13.5 Å². The first-order valence-corrected chi connectivity index (χ1v) is 10.6. The summed E-state index contributed by atoms with van der Waals surface area (Å²) >= 11 is 7.22. The van der Waals surface area contributed by atoms with Crippen molar-refractivity contribution in [1.29, 1.82) is 0 Å². The predicted molar refractivity (Wildman–Crippen MR) is 123 cm³/mol. The Morgan fingerprint density at radius 3 is 2.75 bits per heavy atom. The smallest absolute Gasteiger partial charge is 0.337 e. The number of halogens is 1. The van der Waals surface area contributed by atoms with Crippen LogP contribution in [0.2, 0.25) is 5.15 Å². The number of ether oxygens (including phenoxy) is 2. The van der Waals surface area contributed by atoms with E-state index in [9.17, 15) is 14.4 Å². The van der Waals surface area contributed by atoms with Crippen LogP contribution in [0.3, 0.4) is 0 Å². The second-order valence-corrected chi connectivity index (χ2v) is 8.05. The second kappa shape index (κ2) is 10.7. The molecular formula is C22H20ClN3O5S. The van der Waals surface area contributed by atoms with E-state index in [1.54, 1.807) is 30.3 Å². The van der Waals surface area contributed by atoms with Crippen LogP contribution in [0.4, 0.5) is 0 Å². The Kier molecular flexibility index (Phi) is 7.80. The lowest BCUT2D eigenvalue weighted by Crippen LogP contribution is -2.24. The molecule has 8 nitrogen and oxygen atoms in total. The molecule has 3 rings (SSSR count). The van der Waals surface area contributed by atoms with E-state index in [-0.39, 0.29) is 23.2 Å². The zero-order valence-electron chi connectivity index (χ0n) is 17.3. The van der Waals surface area contributed by atoms with Gasteiger partial charge in [-0.2, -0.15) is 5.10 Å². The molecule has 0 aliphatic carbocycles. The summed E-state index contributed by atoms with van der Waals surface area (Å²) in [5.41, 5.74) is 4.44. The van der Waals surface area contributed by atoms with Gasteiger partial charge >= 0.3 is 10.8 Å². The molecular weight excluding hydrogens is 454 g/mol. The average molecular weight is 474 g/mol. The SMILES string of the molecule is COC(=O)c1cccc(Cn2c(Cl)c(/C=N\NC(=O)COc3cccc(C)c3)sc2=O)c1. The van der Waals surface area contributed by atoms with Gasteiger partial charge in [0.05, 0.1) is 30.3 Å². The number of hydrogen-bond donors (Lipinski definition) is 1. The molecule has 0 atom stereocenters. The maximum atomic E-state index is 12.4. The Hall–Kier alpha value is -3.43. The first-order valence-electron chi connectivity index (χ1n) is 9.45. The highest BCUT2D eigenvalue weighted by Crippen LogP contribution is 2.19. The first kappa shape index (κ1) is 23.2. The van der Waals surface area contributed by atoms with Crippen LogP contribution < -0.4 is 15.0 Å². The van der Waals surface area contributed by atoms with E-state index in [4.69, 9.17) is 21.1 Å². The third-order valence-electron chi connectivity index (χ3n) is 4.28. The molecule has 10 heteroatoms. The fourth-order valence-corrected chi connectivity index (χ4v) is 3.87. The lowest BCUT2D eigenvalue weighted by Gasteiger charge is -2.06. The lowest BCUT2D eigenvalue weighted by atomic mass is 10.1. The molecule has 0 bridgehead atoms. The number of carbonyl (C=O) groups excluding carboxylic acids is 2. The zero-order valence-corrected chi connectivity index (χ0v) is 18.9. The third-order valence-corrected chi connectivity index (χ3v) is 5.71. The van der Waals surface area contributed by atoms with Gasteiger partial charge in [0.15, 0.2) is 6.61 Å². The summed E-state index contributed by atoms with van der Waals surface area (Å²) in [5, 5.41) is 4.03. The van der Waals surface area contributed by atoms with Gasteiger partial charge in [-0.15, -0.1) is 0 Å². The van der Waals surface area contributed by atoms with Crippen molar-refractivity contribution in [2.75, 3.05) is 13.7 Å². The van der Waals surface area contributed by atoms with E-state index in [0.717, 1.165) is 16.9 Å². The van der Waals surface area contributed by atoms with Gasteiger partial charge in [-0.05, 0) is 42.3 Å². The normalized spacial score (nSPS) is 10.8. The Bertz CT molecular complexity index is 1220. The molecule has 2 aromatic carbocycles. The molecule has 0 saturated carbocycles. The minimum Gasteiger partial charge on any atom is -0.484 e. The number of amides is 1. The maximum absolute atomic E-state index is 12.4. The van der Waals surface area contributed by atoms with Gasteiger partial charge in [-0.25, -0.2) is 10.2 Å². The van der Waals surface area contributed by atoms with Gasteiger partial charge in [-0.1, -0.05) is 47.2 Å². The molecule has 32 heavy (non-hydrogen) atoms.